The van der Waals surface area contributed by atoms with Gasteiger partial charge in [0, 0.05) is 5.56 Å². The van der Waals surface area contributed by atoms with Crippen LogP contribution in [0.1, 0.15) is 48.9 Å². The van der Waals surface area contributed by atoms with Crippen LogP contribution >= 0.6 is 0 Å². The maximum atomic E-state index is 12.8. The monoisotopic (exact) mass is 279 g/mol. The highest BCUT2D eigenvalue weighted by Gasteiger charge is 2.35. The topological polar surface area (TPSA) is 66.4 Å². The lowest BCUT2D eigenvalue weighted by molar-refractivity contribution is -0.139. The fourth-order valence-corrected chi connectivity index (χ4v) is 2.78. The molecule has 0 bridgehead atoms. The van der Waals surface area contributed by atoms with Crippen molar-refractivity contribution < 1.29 is 19.1 Å². The van der Waals surface area contributed by atoms with Crippen molar-refractivity contribution in [3.8, 4) is 0 Å². The van der Waals surface area contributed by atoms with Crippen molar-refractivity contribution in [3.05, 3.63) is 35.6 Å². The van der Waals surface area contributed by atoms with Gasteiger partial charge in [0.1, 0.15) is 5.82 Å². The maximum absolute atomic E-state index is 12.8. The first-order chi connectivity index (χ1) is 9.51. The zero-order chi connectivity index (χ0) is 14.6. The number of halogens is 1. The van der Waals surface area contributed by atoms with Gasteiger partial charge in [0.2, 0.25) is 0 Å². The van der Waals surface area contributed by atoms with E-state index in [9.17, 15) is 14.0 Å². The number of hydrogen-bond donors (Lipinski definition) is 2. The Morgan fingerprint density at radius 3 is 2.30 bits per heavy atom. The third kappa shape index (κ3) is 3.56. The molecule has 108 valence electrons. The SMILES string of the molecule is O=C(O)CC1(NC(=O)c2ccc(F)cc2)CCCCC1. The van der Waals surface area contributed by atoms with Crippen LogP contribution in [0, 0.1) is 5.82 Å². The fourth-order valence-electron chi connectivity index (χ4n) is 2.78. The van der Waals surface area contributed by atoms with Crippen LogP contribution in [-0.2, 0) is 4.79 Å². The van der Waals surface area contributed by atoms with E-state index in [-0.39, 0.29) is 12.3 Å². The molecule has 1 aliphatic rings. The Kier molecular flexibility index (Phi) is 4.37. The van der Waals surface area contributed by atoms with E-state index in [2.05, 4.69) is 5.32 Å². The first-order valence-electron chi connectivity index (χ1n) is 6.81. The lowest BCUT2D eigenvalue weighted by Crippen LogP contribution is -2.51. The Morgan fingerprint density at radius 1 is 1.15 bits per heavy atom. The van der Waals surface area contributed by atoms with Crippen LogP contribution in [0.15, 0.2) is 24.3 Å². The number of hydrogen-bond acceptors (Lipinski definition) is 2. The lowest BCUT2D eigenvalue weighted by Gasteiger charge is -2.37. The molecule has 2 N–H and O–H groups in total. The second-order valence-corrected chi connectivity index (χ2v) is 5.37. The standard InChI is InChI=1S/C15H18FNO3/c16-12-6-4-11(5-7-12)14(20)17-15(10-13(18)19)8-2-1-3-9-15/h4-7H,1-3,8-10H2,(H,17,20)(H,18,19). The van der Waals surface area contributed by atoms with E-state index in [1.54, 1.807) is 0 Å². The van der Waals surface area contributed by atoms with Crippen LogP contribution in [0.3, 0.4) is 0 Å². The molecule has 0 aromatic heterocycles. The molecule has 0 radical (unpaired) electrons. The van der Waals surface area contributed by atoms with Gasteiger partial charge >= 0.3 is 5.97 Å². The number of rotatable bonds is 4. The molecule has 1 aromatic carbocycles. The summed E-state index contributed by atoms with van der Waals surface area (Å²) in [6.45, 7) is 0. The molecule has 0 atom stereocenters. The molecular formula is C15H18FNO3. The minimum Gasteiger partial charge on any atom is -0.481 e. The van der Waals surface area contributed by atoms with Gasteiger partial charge in [0.15, 0.2) is 0 Å². The number of carboxylic acids is 1. The van der Waals surface area contributed by atoms with Crippen molar-refractivity contribution in [3.63, 3.8) is 0 Å². The van der Waals surface area contributed by atoms with Crippen molar-refractivity contribution in [2.75, 3.05) is 0 Å². The molecule has 1 aromatic rings. The summed E-state index contributed by atoms with van der Waals surface area (Å²) in [6, 6.07) is 5.25. The Balaban J connectivity index is 2.12. The molecular weight excluding hydrogens is 261 g/mol. The van der Waals surface area contributed by atoms with Gasteiger partial charge in [0.25, 0.3) is 5.91 Å². The first-order valence-corrected chi connectivity index (χ1v) is 6.81. The largest absolute Gasteiger partial charge is 0.481 e. The number of aliphatic carboxylic acids is 1. The summed E-state index contributed by atoms with van der Waals surface area (Å²) in [5.41, 5.74) is -0.322. The molecule has 2 rings (SSSR count). The molecule has 0 saturated heterocycles. The van der Waals surface area contributed by atoms with Gasteiger partial charge in [-0.05, 0) is 37.1 Å². The van der Waals surface area contributed by atoms with Gasteiger partial charge in [-0.2, -0.15) is 0 Å². The van der Waals surface area contributed by atoms with Gasteiger partial charge < -0.3 is 10.4 Å². The van der Waals surface area contributed by atoms with Crippen LogP contribution in [0.25, 0.3) is 0 Å². The minimum absolute atomic E-state index is 0.0695. The average Bonchev–Trinajstić information content (AvgIpc) is 2.39. The van der Waals surface area contributed by atoms with Crippen LogP contribution in [0.4, 0.5) is 4.39 Å². The van der Waals surface area contributed by atoms with E-state index in [0.29, 0.717) is 18.4 Å². The average molecular weight is 279 g/mol. The van der Waals surface area contributed by atoms with E-state index < -0.39 is 17.3 Å². The Bertz CT molecular complexity index is 492. The van der Waals surface area contributed by atoms with Gasteiger partial charge in [-0.1, -0.05) is 19.3 Å². The summed E-state index contributed by atoms with van der Waals surface area (Å²) in [4.78, 5) is 23.2. The van der Waals surface area contributed by atoms with Crippen LogP contribution < -0.4 is 5.32 Å². The van der Waals surface area contributed by atoms with E-state index >= 15 is 0 Å². The van der Waals surface area contributed by atoms with Crippen molar-refractivity contribution >= 4 is 11.9 Å². The number of nitrogens with one attached hydrogen (secondary N) is 1. The molecule has 20 heavy (non-hydrogen) atoms. The summed E-state index contributed by atoms with van der Waals surface area (Å²) >= 11 is 0. The normalized spacial score (nSPS) is 17.4. The molecule has 0 spiro atoms. The fraction of sp³-hybridized carbons (Fsp3) is 0.467. The minimum atomic E-state index is -0.911. The molecule has 1 amide bonds. The quantitative estimate of drug-likeness (QED) is 0.890. The summed E-state index contributed by atoms with van der Waals surface area (Å²) in [5, 5.41) is 11.9. The summed E-state index contributed by atoms with van der Waals surface area (Å²) in [6.07, 6.45) is 4.17. The van der Waals surface area contributed by atoms with Crippen molar-refractivity contribution in [1.82, 2.24) is 5.32 Å². The lowest BCUT2D eigenvalue weighted by atomic mass is 9.79. The molecule has 1 fully saturated rings. The zero-order valence-corrected chi connectivity index (χ0v) is 11.2. The molecule has 1 aliphatic carbocycles. The second kappa shape index (κ2) is 6.03. The number of carboxylic acid groups (broad SMARTS) is 1. The van der Waals surface area contributed by atoms with Crippen molar-refractivity contribution in [2.24, 2.45) is 0 Å². The predicted octanol–water partition coefficient (Wildman–Crippen LogP) is 2.73. The van der Waals surface area contributed by atoms with Crippen LogP contribution in [0.5, 0.6) is 0 Å². The van der Waals surface area contributed by atoms with E-state index in [1.165, 1.54) is 24.3 Å². The highest BCUT2D eigenvalue weighted by molar-refractivity contribution is 5.95. The second-order valence-electron chi connectivity index (χ2n) is 5.37. The zero-order valence-electron chi connectivity index (χ0n) is 11.2. The van der Waals surface area contributed by atoms with Crippen molar-refractivity contribution in [1.29, 1.82) is 0 Å². The third-order valence-corrected chi connectivity index (χ3v) is 3.79. The molecule has 5 heteroatoms. The van der Waals surface area contributed by atoms with E-state index in [4.69, 9.17) is 5.11 Å². The van der Waals surface area contributed by atoms with Crippen LogP contribution in [0.2, 0.25) is 0 Å². The van der Waals surface area contributed by atoms with Crippen molar-refractivity contribution in [2.45, 2.75) is 44.1 Å². The molecule has 0 heterocycles. The highest BCUT2D eigenvalue weighted by atomic mass is 19.1. The first kappa shape index (κ1) is 14.5. The summed E-state index contributed by atoms with van der Waals surface area (Å²) in [7, 11) is 0. The van der Waals surface area contributed by atoms with Gasteiger partial charge in [-0.25, -0.2) is 4.39 Å². The predicted molar refractivity (Wildman–Crippen MR) is 71.9 cm³/mol. The Morgan fingerprint density at radius 2 is 1.75 bits per heavy atom. The Labute approximate surface area is 117 Å². The molecule has 1 saturated carbocycles. The van der Waals surface area contributed by atoms with Gasteiger partial charge in [0.05, 0.1) is 12.0 Å². The number of carbonyl (C=O) groups is 2. The number of benzene rings is 1. The molecule has 0 unspecified atom stereocenters. The van der Waals surface area contributed by atoms with Gasteiger partial charge in [-0.15, -0.1) is 0 Å². The van der Waals surface area contributed by atoms with E-state index in [1.807, 2.05) is 0 Å². The highest BCUT2D eigenvalue weighted by Crippen LogP contribution is 2.31. The summed E-state index contributed by atoms with van der Waals surface area (Å²) < 4.78 is 12.8. The number of carbonyl (C=O) groups excluding carboxylic acids is 1. The number of amides is 1. The molecule has 4 nitrogen and oxygen atoms in total. The summed E-state index contributed by atoms with van der Waals surface area (Å²) in [5.74, 6) is -1.65. The maximum Gasteiger partial charge on any atom is 0.305 e. The smallest absolute Gasteiger partial charge is 0.305 e. The van der Waals surface area contributed by atoms with Crippen LogP contribution in [-0.4, -0.2) is 22.5 Å². The van der Waals surface area contributed by atoms with Gasteiger partial charge in [-0.3, -0.25) is 9.59 Å². The molecule has 0 aliphatic heterocycles. The Hall–Kier alpha value is -1.91. The van der Waals surface area contributed by atoms with E-state index in [0.717, 1.165) is 19.3 Å². The third-order valence-electron chi connectivity index (χ3n) is 3.79.